The van der Waals surface area contributed by atoms with Gasteiger partial charge in [0.25, 0.3) is 5.91 Å². The second-order valence-electron chi connectivity index (χ2n) is 6.68. The molecular formula is C21H16ClFN2O3S. The van der Waals surface area contributed by atoms with E-state index < -0.39 is 0 Å². The first-order valence-electron chi connectivity index (χ1n) is 8.90. The molecule has 0 saturated heterocycles. The molecule has 0 aliphatic carbocycles. The van der Waals surface area contributed by atoms with Gasteiger partial charge in [0.05, 0.1) is 11.4 Å². The van der Waals surface area contributed by atoms with Crippen LogP contribution >= 0.6 is 22.9 Å². The number of thiophene rings is 1. The number of ether oxygens (including phenoxy) is 1. The number of ketones is 1. The summed E-state index contributed by atoms with van der Waals surface area (Å²) in [4.78, 5) is 29.1. The Hall–Kier alpha value is -2.77. The average molecular weight is 431 g/mol. The lowest BCUT2D eigenvalue weighted by Crippen LogP contribution is -2.34. The number of carbonyl (C=O) groups is 2. The summed E-state index contributed by atoms with van der Waals surface area (Å²) in [6.07, 6.45) is 1.62. The molecule has 0 bridgehead atoms. The molecule has 1 aliphatic heterocycles. The molecule has 29 heavy (non-hydrogen) atoms. The summed E-state index contributed by atoms with van der Waals surface area (Å²) in [5, 5.41) is 3.05. The normalized spacial score (nSPS) is 14.9. The van der Waals surface area contributed by atoms with Gasteiger partial charge in [0.1, 0.15) is 22.8 Å². The first-order chi connectivity index (χ1) is 13.9. The Bertz CT molecular complexity index is 1120. The van der Waals surface area contributed by atoms with Crippen LogP contribution in [0, 0.1) is 5.82 Å². The summed E-state index contributed by atoms with van der Waals surface area (Å²) < 4.78 is 20.2. The van der Waals surface area contributed by atoms with Crippen molar-refractivity contribution in [1.82, 2.24) is 10.3 Å². The van der Waals surface area contributed by atoms with E-state index in [0.717, 1.165) is 10.4 Å². The maximum Gasteiger partial charge on any atom is 0.251 e. The number of fused-ring (bicyclic) bond motifs is 1. The van der Waals surface area contributed by atoms with Crippen LogP contribution in [0.25, 0.3) is 10.4 Å². The molecule has 1 amide bonds. The van der Waals surface area contributed by atoms with Crippen molar-refractivity contribution in [3.63, 3.8) is 0 Å². The quantitative estimate of drug-likeness (QED) is 0.476. The summed E-state index contributed by atoms with van der Waals surface area (Å²) in [5.74, 6) is -0.0950. The number of amides is 1. The van der Waals surface area contributed by atoms with Gasteiger partial charge in [0.2, 0.25) is 0 Å². The van der Waals surface area contributed by atoms with Crippen molar-refractivity contribution < 1.29 is 18.7 Å². The lowest BCUT2D eigenvalue weighted by atomic mass is 10.0. The largest absolute Gasteiger partial charge is 0.487 e. The number of carbonyl (C=O) groups excluding carboxylic acids is 2. The van der Waals surface area contributed by atoms with E-state index in [-0.39, 0.29) is 35.3 Å². The summed E-state index contributed by atoms with van der Waals surface area (Å²) in [6, 6.07) is 9.44. The van der Waals surface area contributed by atoms with Crippen LogP contribution in [0.3, 0.4) is 0 Å². The zero-order chi connectivity index (χ0) is 20.5. The number of hydrogen-bond acceptors (Lipinski definition) is 5. The summed E-state index contributed by atoms with van der Waals surface area (Å²) in [7, 11) is 0. The first-order valence-corrected chi connectivity index (χ1v) is 10.1. The molecule has 5 nitrogen and oxygen atoms in total. The fraction of sp³-hybridized carbons (Fsp3) is 0.190. The van der Waals surface area contributed by atoms with E-state index >= 15 is 0 Å². The second kappa shape index (κ2) is 7.93. The van der Waals surface area contributed by atoms with Crippen molar-refractivity contribution in [2.75, 3.05) is 6.54 Å². The average Bonchev–Trinajstić information content (AvgIpc) is 3.32. The third kappa shape index (κ3) is 4.16. The number of halogens is 2. The van der Waals surface area contributed by atoms with Crippen LogP contribution in [0.2, 0.25) is 5.15 Å². The van der Waals surface area contributed by atoms with Gasteiger partial charge in [0.15, 0.2) is 5.78 Å². The highest BCUT2D eigenvalue weighted by atomic mass is 35.5. The zero-order valence-electron chi connectivity index (χ0n) is 15.4. The third-order valence-corrected chi connectivity index (χ3v) is 5.99. The van der Waals surface area contributed by atoms with Crippen molar-refractivity contribution in [2.24, 2.45) is 0 Å². The predicted octanol–water partition coefficient (Wildman–Crippen LogP) is 4.54. The first kappa shape index (κ1) is 19.5. The van der Waals surface area contributed by atoms with Crippen LogP contribution in [0.15, 0.2) is 42.6 Å². The van der Waals surface area contributed by atoms with E-state index in [1.807, 2.05) is 0 Å². The van der Waals surface area contributed by atoms with Gasteiger partial charge in [-0.3, -0.25) is 9.59 Å². The van der Waals surface area contributed by atoms with E-state index in [1.165, 1.54) is 42.7 Å². The fourth-order valence-corrected chi connectivity index (χ4v) is 4.30. The van der Waals surface area contributed by atoms with E-state index in [9.17, 15) is 14.0 Å². The van der Waals surface area contributed by atoms with Crippen LogP contribution in [0.5, 0.6) is 5.75 Å². The molecule has 1 aliphatic rings. The Morgan fingerprint density at radius 2 is 2.14 bits per heavy atom. The molecule has 0 fully saturated rings. The highest BCUT2D eigenvalue weighted by Gasteiger charge is 2.28. The third-order valence-electron chi connectivity index (χ3n) is 4.56. The Morgan fingerprint density at radius 3 is 2.86 bits per heavy atom. The summed E-state index contributed by atoms with van der Waals surface area (Å²) in [6.45, 7) is 1.76. The van der Waals surface area contributed by atoms with Gasteiger partial charge in [-0.05, 0) is 43.3 Å². The van der Waals surface area contributed by atoms with Crippen molar-refractivity contribution in [3.8, 4) is 16.2 Å². The Morgan fingerprint density at radius 1 is 1.31 bits per heavy atom. The van der Waals surface area contributed by atoms with E-state index in [4.69, 9.17) is 16.3 Å². The van der Waals surface area contributed by atoms with Crippen molar-refractivity contribution in [2.45, 2.75) is 19.4 Å². The summed E-state index contributed by atoms with van der Waals surface area (Å²) >= 11 is 7.12. The van der Waals surface area contributed by atoms with E-state index in [1.54, 1.807) is 18.2 Å². The number of pyridine rings is 1. The summed E-state index contributed by atoms with van der Waals surface area (Å²) in [5.41, 5.74) is 1.76. The number of nitrogens with one attached hydrogen (secondary N) is 1. The topological polar surface area (TPSA) is 68.3 Å². The van der Waals surface area contributed by atoms with Crippen LogP contribution in [0.4, 0.5) is 4.39 Å². The standard InChI is InChI=1S/C21H16ClFN2O3S/c1-11(26)17-2-3-18(29-17)16-9-14(23)6-13-7-15(28-20(13)16)10-25-21(27)12-4-5-24-19(22)8-12/h2-6,8-9,15H,7,10H2,1H3,(H,25,27)/t15-/m0/s1. The Balaban J connectivity index is 1.50. The lowest BCUT2D eigenvalue weighted by molar-refractivity contribution is 0.0933. The van der Waals surface area contributed by atoms with Crippen molar-refractivity contribution in [1.29, 1.82) is 0 Å². The van der Waals surface area contributed by atoms with Crippen molar-refractivity contribution >= 4 is 34.6 Å². The number of nitrogens with zero attached hydrogens (tertiary/aromatic N) is 1. The molecular weight excluding hydrogens is 415 g/mol. The maximum absolute atomic E-state index is 14.2. The van der Waals surface area contributed by atoms with Gasteiger partial charge in [-0.25, -0.2) is 9.37 Å². The highest BCUT2D eigenvalue weighted by Crippen LogP contribution is 2.42. The van der Waals surface area contributed by atoms with Crippen LogP contribution < -0.4 is 10.1 Å². The minimum Gasteiger partial charge on any atom is -0.487 e. The van der Waals surface area contributed by atoms with Gasteiger partial charge >= 0.3 is 0 Å². The monoisotopic (exact) mass is 430 g/mol. The number of benzene rings is 1. The van der Waals surface area contributed by atoms with Gasteiger partial charge in [-0.15, -0.1) is 11.3 Å². The molecule has 0 radical (unpaired) electrons. The van der Waals surface area contributed by atoms with Gasteiger partial charge in [-0.1, -0.05) is 11.6 Å². The SMILES string of the molecule is CC(=O)c1ccc(-c2cc(F)cc3c2O[C@H](CNC(=O)c2ccnc(Cl)c2)C3)s1. The Labute approximate surface area is 175 Å². The molecule has 0 unspecified atom stereocenters. The fourth-order valence-electron chi connectivity index (χ4n) is 3.22. The second-order valence-corrected chi connectivity index (χ2v) is 8.15. The minimum atomic E-state index is -0.365. The number of aromatic nitrogens is 1. The van der Waals surface area contributed by atoms with Gasteiger partial charge in [-0.2, -0.15) is 0 Å². The van der Waals surface area contributed by atoms with Crippen molar-refractivity contribution in [3.05, 3.63) is 69.6 Å². The van der Waals surface area contributed by atoms with Crippen LogP contribution in [-0.4, -0.2) is 29.3 Å². The Kier molecular flexibility index (Phi) is 5.34. The number of rotatable bonds is 5. The zero-order valence-corrected chi connectivity index (χ0v) is 16.9. The molecule has 0 spiro atoms. The molecule has 1 atom stereocenters. The minimum absolute atomic E-state index is 0.0352. The van der Waals surface area contributed by atoms with Gasteiger partial charge < -0.3 is 10.1 Å². The predicted molar refractivity (Wildman–Crippen MR) is 109 cm³/mol. The number of Topliss-reactive ketones (excluding diaryl/α,β-unsaturated/α-hetero) is 1. The highest BCUT2D eigenvalue weighted by molar-refractivity contribution is 7.17. The maximum atomic E-state index is 14.2. The molecule has 148 valence electrons. The van der Waals surface area contributed by atoms with E-state index in [2.05, 4.69) is 10.3 Å². The van der Waals surface area contributed by atoms with Crippen LogP contribution in [0.1, 0.15) is 32.5 Å². The molecule has 2 aromatic heterocycles. The molecule has 1 N–H and O–H groups in total. The molecule has 1 aromatic carbocycles. The lowest BCUT2D eigenvalue weighted by Gasteiger charge is -2.13. The smallest absolute Gasteiger partial charge is 0.251 e. The molecule has 3 aromatic rings. The molecule has 4 rings (SSSR count). The van der Waals surface area contributed by atoms with Gasteiger partial charge in [0, 0.05) is 34.2 Å². The molecule has 0 saturated carbocycles. The van der Waals surface area contributed by atoms with Crippen LogP contribution in [-0.2, 0) is 6.42 Å². The number of hydrogen-bond donors (Lipinski definition) is 1. The molecule has 3 heterocycles. The molecule has 8 heteroatoms. The van der Waals surface area contributed by atoms with E-state index in [0.29, 0.717) is 28.2 Å².